The summed E-state index contributed by atoms with van der Waals surface area (Å²) in [6, 6.07) is 4.18. The molecule has 0 saturated heterocycles. The Bertz CT molecular complexity index is 363. The third-order valence-corrected chi connectivity index (χ3v) is 3.70. The highest BCUT2D eigenvalue weighted by Crippen LogP contribution is 2.34. The van der Waals surface area contributed by atoms with Crippen molar-refractivity contribution in [1.29, 1.82) is 0 Å². The molecule has 0 unspecified atom stereocenters. The largest absolute Gasteiger partial charge is 0.491 e. The minimum Gasteiger partial charge on any atom is -0.491 e. The van der Waals surface area contributed by atoms with Crippen molar-refractivity contribution in [3.8, 4) is 5.75 Å². The molecule has 108 valence electrons. The Kier molecular flexibility index (Phi) is 8.70. The summed E-state index contributed by atoms with van der Waals surface area (Å²) in [4.78, 5) is 0. The second-order valence-electron chi connectivity index (χ2n) is 4.07. The van der Waals surface area contributed by atoms with Gasteiger partial charge in [0.25, 0.3) is 0 Å². The summed E-state index contributed by atoms with van der Waals surface area (Å²) >= 11 is 7.12. The minimum absolute atomic E-state index is 0.657. The van der Waals surface area contributed by atoms with Crippen LogP contribution in [0.25, 0.3) is 0 Å². The lowest BCUT2D eigenvalue weighted by atomic mass is 10.2. The molecule has 0 aromatic heterocycles. The van der Waals surface area contributed by atoms with Crippen molar-refractivity contribution in [2.75, 3.05) is 26.4 Å². The Morgan fingerprint density at radius 2 is 1.79 bits per heavy atom. The van der Waals surface area contributed by atoms with Gasteiger partial charge in [-0.05, 0) is 63.0 Å². The molecule has 0 aliphatic carbocycles. The maximum absolute atomic E-state index is 5.78. The monoisotopic (exact) mass is 393 g/mol. The molecule has 0 aliphatic heterocycles. The lowest BCUT2D eigenvalue weighted by Crippen LogP contribution is -2.12. The van der Waals surface area contributed by atoms with Crippen molar-refractivity contribution in [3.05, 3.63) is 26.6 Å². The van der Waals surface area contributed by atoms with E-state index in [9.17, 15) is 0 Å². The molecule has 0 atom stereocenters. The van der Waals surface area contributed by atoms with Crippen LogP contribution in [0.1, 0.15) is 25.8 Å². The Morgan fingerprint density at radius 3 is 2.37 bits per heavy atom. The smallest absolute Gasteiger partial charge is 0.147 e. The van der Waals surface area contributed by atoms with Crippen LogP contribution in [0.2, 0.25) is 0 Å². The first kappa shape index (κ1) is 17.0. The average Bonchev–Trinajstić information content (AvgIpc) is 2.38. The highest BCUT2D eigenvalue weighted by molar-refractivity contribution is 9.11. The van der Waals surface area contributed by atoms with Gasteiger partial charge in [-0.15, -0.1) is 0 Å². The fourth-order valence-electron chi connectivity index (χ4n) is 1.60. The molecule has 0 amide bonds. The topological polar surface area (TPSA) is 30.5 Å². The van der Waals surface area contributed by atoms with E-state index in [0.29, 0.717) is 6.61 Å². The average molecular weight is 395 g/mol. The van der Waals surface area contributed by atoms with Gasteiger partial charge in [0, 0.05) is 26.2 Å². The van der Waals surface area contributed by atoms with E-state index in [4.69, 9.17) is 9.47 Å². The summed E-state index contributed by atoms with van der Waals surface area (Å²) in [6.07, 6.45) is 0.895. The van der Waals surface area contributed by atoms with Crippen LogP contribution in [0, 0.1) is 0 Å². The summed E-state index contributed by atoms with van der Waals surface area (Å²) in [5, 5.41) is 3.31. The first-order chi connectivity index (χ1) is 9.19. The predicted octanol–water partition coefficient (Wildman–Crippen LogP) is 4.13. The van der Waals surface area contributed by atoms with Crippen LogP contribution in [-0.2, 0) is 11.3 Å². The van der Waals surface area contributed by atoms with E-state index in [1.807, 2.05) is 6.92 Å². The van der Waals surface area contributed by atoms with E-state index >= 15 is 0 Å². The normalized spacial score (nSPS) is 10.7. The maximum Gasteiger partial charge on any atom is 0.147 e. The molecule has 5 heteroatoms. The Balaban J connectivity index is 2.53. The van der Waals surface area contributed by atoms with Gasteiger partial charge in [0.05, 0.1) is 15.6 Å². The van der Waals surface area contributed by atoms with Crippen molar-refractivity contribution in [2.45, 2.75) is 26.8 Å². The molecule has 1 aromatic rings. The van der Waals surface area contributed by atoms with Crippen LogP contribution in [-0.4, -0.2) is 26.4 Å². The zero-order valence-corrected chi connectivity index (χ0v) is 14.6. The first-order valence-electron chi connectivity index (χ1n) is 6.58. The van der Waals surface area contributed by atoms with Crippen molar-refractivity contribution in [1.82, 2.24) is 5.32 Å². The molecule has 1 rings (SSSR count). The molecule has 0 heterocycles. The third kappa shape index (κ3) is 6.25. The van der Waals surface area contributed by atoms with Crippen LogP contribution in [0.15, 0.2) is 21.1 Å². The molecule has 0 bridgehead atoms. The van der Waals surface area contributed by atoms with E-state index in [2.05, 4.69) is 56.2 Å². The van der Waals surface area contributed by atoms with Crippen LogP contribution in [0.3, 0.4) is 0 Å². The van der Waals surface area contributed by atoms with Gasteiger partial charge in [0.2, 0.25) is 0 Å². The molecule has 0 aliphatic rings. The summed E-state index contributed by atoms with van der Waals surface area (Å²) in [5.74, 6) is 0.858. The molecule has 3 nitrogen and oxygen atoms in total. The van der Waals surface area contributed by atoms with E-state index in [1.54, 1.807) is 0 Å². The zero-order chi connectivity index (χ0) is 14.1. The lowest BCUT2D eigenvalue weighted by Gasteiger charge is -2.12. The molecular formula is C14H21Br2NO2. The number of hydrogen-bond acceptors (Lipinski definition) is 3. The highest BCUT2D eigenvalue weighted by Gasteiger charge is 2.08. The SMILES string of the molecule is CCNCc1cc(Br)c(OCCCOCC)c(Br)c1. The van der Waals surface area contributed by atoms with Gasteiger partial charge in [0.1, 0.15) is 5.75 Å². The Hall–Kier alpha value is -0.100. The number of halogens is 2. The fraction of sp³-hybridized carbons (Fsp3) is 0.571. The summed E-state index contributed by atoms with van der Waals surface area (Å²) in [6.45, 7) is 8.07. The number of rotatable bonds is 9. The molecule has 1 N–H and O–H groups in total. The molecule has 0 saturated carbocycles. The second-order valence-corrected chi connectivity index (χ2v) is 5.78. The van der Waals surface area contributed by atoms with Crippen LogP contribution in [0.4, 0.5) is 0 Å². The van der Waals surface area contributed by atoms with E-state index in [0.717, 1.165) is 47.4 Å². The quantitative estimate of drug-likeness (QED) is 0.639. The van der Waals surface area contributed by atoms with E-state index in [-0.39, 0.29) is 0 Å². The Labute approximate surface area is 132 Å². The Morgan fingerprint density at radius 1 is 1.11 bits per heavy atom. The number of ether oxygens (including phenoxy) is 2. The third-order valence-electron chi connectivity index (χ3n) is 2.52. The standard InChI is InChI=1S/C14H21Br2NO2/c1-3-17-10-11-8-12(15)14(13(16)9-11)19-7-5-6-18-4-2/h8-9,17H,3-7,10H2,1-2H3. The minimum atomic E-state index is 0.657. The van der Waals surface area contributed by atoms with Crippen molar-refractivity contribution in [2.24, 2.45) is 0 Å². The van der Waals surface area contributed by atoms with E-state index < -0.39 is 0 Å². The van der Waals surface area contributed by atoms with Gasteiger partial charge < -0.3 is 14.8 Å². The number of benzene rings is 1. The van der Waals surface area contributed by atoms with Gasteiger partial charge in [-0.1, -0.05) is 6.92 Å². The number of hydrogen-bond donors (Lipinski definition) is 1. The number of nitrogens with one attached hydrogen (secondary N) is 1. The van der Waals surface area contributed by atoms with Gasteiger partial charge in [0.15, 0.2) is 0 Å². The molecular weight excluding hydrogens is 374 g/mol. The fourth-order valence-corrected chi connectivity index (χ4v) is 3.11. The maximum atomic E-state index is 5.78. The van der Waals surface area contributed by atoms with Crippen molar-refractivity contribution < 1.29 is 9.47 Å². The van der Waals surface area contributed by atoms with Gasteiger partial charge in [-0.2, -0.15) is 0 Å². The molecule has 0 fully saturated rings. The van der Waals surface area contributed by atoms with Crippen LogP contribution < -0.4 is 10.1 Å². The van der Waals surface area contributed by atoms with Gasteiger partial charge in [-0.25, -0.2) is 0 Å². The van der Waals surface area contributed by atoms with Crippen molar-refractivity contribution >= 4 is 31.9 Å². The second kappa shape index (κ2) is 9.75. The zero-order valence-electron chi connectivity index (χ0n) is 11.5. The van der Waals surface area contributed by atoms with Crippen molar-refractivity contribution in [3.63, 3.8) is 0 Å². The molecule has 1 aromatic carbocycles. The summed E-state index contributed by atoms with van der Waals surface area (Å²) in [7, 11) is 0. The molecule has 0 radical (unpaired) electrons. The summed E-state index contributed by atoms with van der Waals surface area (Å²) < 4.78 is 13.0. The predicted molar refractivity (Wildman–Crippen MR) is 85.8 cm³/mol. The molecule has 0 spiro atoms. The first-order valence-corrected chi connectivity index (χ1v) is 8.16. The lowest BCUT2D eigenvalue weighted by molar-refractivity contribution is 0.130. The van der Waals surface area contributed by atoms with Gasteiger partial charge in [-0.3, -0.25) is 0 Å². The van der Waals surface area contributed by atoms with E-state index in [1.165, 1.54) is 5.56 Å². The highest BCUT2D eigenvalue weighted by atomic mass is 79.9. The van der Waals surface area contributed by atoms with Crippen LogP contribution >= 0.6 is 31.9 Å². The molecule has 19 heavy (non-hydrogen) atoms. The summed E-state index contributed by atoms with van der Waals surface area (Å²) in [5.41, 5.74) is 1.22. The van der Waals surface area contributed by atoms with Gasteiger partial charge >= 0.3 is 0 Å². The van der Waals surface area contributed by atoms with Crippen LogP contribution in [0.5, 0.6) is 5.75 Å².